The maximum Gasteiger partial charge on any atom is 0.267 e. The lowest BCUT2D eigenvalue weighted by molar-refractivity contribution is -0.128. The molecule has 1 atom stereocenters. The van der Waals surface area contributed by atoms with E-state index in [1.807, 2.05) is 36.4 Å². The molecule has 128 valence electrons. The molecule has 2 rings (SSSR count). The molecule has 0 heterocycles. The Hall–Kier alpha value is -1.81. The Balaban J connectivity index is 2.03. The molecule has 3 nitrogen and oxygen atoms in total. The Morgan fingerprint density at radius 3 is 2.25 bits per heavy atom. The van der Waals surface area contributed by atoms with E-state index in [4.69, 9.17) is 4.74 Å². The van der Waals surface area contributed by atoms with Gasteiger partial charge >= 0.3 is 0 Å². The number of halogens is 1. The minimum atomic E-state index is -0.969. The number of ether oxygens (including phenoxy) is 1. The van der Waals surface area contributed by atoms with Crippen molar-refractivity contribution < 1.29 is 9.53 Å². The number of anilines is 1. The smallest absolute Gasteiger partial charge is 0.267 e. The van der Waals surface area contributed by atoms with Gasteiger partial charge in [-0.1, -0.05) is 41.9 Å². The van der Waals surface area contributed by atoms with Crippen molar-refractivity contribution in [1.29, 1.82) is 0 Å². The van der Waals surface area contributed by atoms with Crippen LogP contribution >= 0.6 is 15.9 Å². The zero-order valence-corrected chi connectivity index (χ0v) is 16.2. The Labute approximate surface area is 152 Å². The van der Waals surface area contributed by atoms with Crippen LogP contribution in [0.15, 0.2) is 53.0 Å². The molecule has 0 aliphatic carbocycles. The van der Waals surface area contributed by atoms with Gasteiger partial charge in [-0.25, -0.2) is 0 Å². The van der Waals surface area contributed by atoms with Gasteiger partial charge in [0.15, 0.2) is 5.60 Å². The van der Waals surface area contributed by atoms with Gasteiger partial charge in [0.05, 0.1) is 0 Å². The van der Waals surface area contributed by atoms with E-state index in [1.54, 1.807) is 13.8 Å². The maximum atomic E-state index is 12.5. The molecule has 0 aliphatic heterocycles. The second-order valence-electron chi connectivity index (χ2n) is 6.45. The summed E-state index contributed by atoms with van der Waals surface area (Å²) in [4.78, 5) is 12.5. The molecule has 0 saturated heterocycles. The first-order valence-electron chi connectivity index (χ1n) is 8.18. The summed E-state index contributed by atoms with van der Waals surface area (Å²) in [7, 11) is 0. The van der Waals surface area contributed by atoms with Crippen LogP contribution in [0.25, 0.3) is 0 Å². The first-order valence-corrected chi connectivity index (χ1v) is 8.97. The molecule has 0 saturated carbocycles. The minimum Gasteiger partial charge on any atom is -0.478 e. The number of amides is 1. The fraction of sp³-hybridized carbons (Fsp3) is 0.350. The Bertz CT molecular complexity index is 678. The van der Waals surface area contributed by atoms with Gasteiger partial charge in [0.25, 0.3) is 5.91 Å². The molecule has 0 aromatic heterocycles. The Morgan fingerprint density at radius 2 is 1.71 bits per heavy atom. The van der Waals surface area contributed by atoms with Crippen molar-refractivity contribution in [1.82, 2.24) is 0 Å². The Kier molecular flexibility index (Phi) is 6.05. The minimum absolute atomic E-state index is 0.179. The lowest BCUT2D eigenvalue weighted by Gasteiger charge is -2.25. The predicted octanol–water partition coefficient (Wildman–Crippen LogP) is 5.76. The van der Waals surface area contributed by atoms with E-state index in [-0.39, 0.29) is 5.91 Å². The summed E-state index contributed by atoms with van der Waals surface area (Å²) in [6.07, 6.45) is 1.10. The highest BCUT2D eigenvalue weighted by atomic mass is 79.9. The lowest BCUT2D eigenvalue weighted by Crippen LogP contribution is -2.42. The number of nitrogens with one attached hydrogen (secondary N) is 1. The van der Waals surface area contributed by atoms with Crippen LogP contribution in [0.3, 0.4) is 0 Å². The summed E-state index contributed by atoms with van der Waals surface area (Å²) in [5, 5.41) is 2.92. The average molecular weight is 390 g/mol. The molecule has 0 aliphatic rings. The summed E-state index contributed by atoms with van der Waals surface area (Å²) in [6, 6.07) is 15.4. The Morgan fingerprint density at radius 1 is 1.12 bits per heavy atom. The molecule has 2 aromatic rings. The summed E-state index contributed by atoms with van der Waals surface area (Å²) in [5.41, 5.74) is 1.09. The van der Waals surface area contributed by atoms with Crippen LogP contribution in [-0.2, 0) is 4.79 Å². The molecule has 2 aromatic carbocycles. The van der Waals surface area contributed by atoms with Crippen molar-refractivity contribution in [2.24, 2.45) is 0 Å². The number of carbonyl (C=O) groups excluding carboxylic acids is 1. The molecule has 1 N–H and O–H groups in total. The number of benzene rings is 2. The van der Waals surface area contributed by atoms with Crippen molar-refractivity contribution in [3.05, 3.63) is 58.6 Å². The standard InChI is InChI=1S/C20H24BrNO2/c1-5-14(2)15-6-10-17(11-7-15)22-19(23)20(3,4)24-18-12-8-16(21)9-13-18/h6-14H,5H2,1-4H3,(H,22,23). The monoisotopic (exact) mass is 389 g/mol. The van der Waals surface area contributed by atoms with Gasteiger partial charge in [-0.2, -0.15) is 0 Å². The molecular weight excluding hydrogens is 366 g/mol. The van der Waals surface area contributed by atoms with E-state index < -0.39 is 5.60 Å². The molecule has 0 spiro atoms. The summed E-state index contributed by atoms with van der Waals surface area (Å²) < 4.78 is 6.81. The van der Waals surface area contributed by atoms with E-state index in [2.05, 4.69) is 47.2 Å². The van der Waals surface area contributed by atoms with Crippen LogP contribution < -0.4 is 10.1 Å². The topological polar surface area (TPSA) is 38.3 Å². The number of hydrogen-bond donors (Lipinski definition) is 1. The van der Waals surface area contributed by atoms with Crippen molar-refractivity contribution in [2.45, 2.75) is 45.6 Å². The van der Waals surface area contributed by atoms with Crippen molar-refractivity contribution in [3.63, 3.8) is 0 Å². The third kappa shape index (κ3) is 4.84. The van der Waals surface area contributed by atoms with E-state index in [0.29, 0.717) is 11.7 Å². The van der Waals surface area contributed by atoms with Crippen LogP contribution in [0.5, 0.6) is 5.75 Å². The number of carbonyl (C=O) groups is 1. The van der Waals surface area contributed by atoms with E-state index in [1.165, 1.54) is 5.56 Å². The van der Waals surface area contributed by atoms with Crippen LogP contribution in [0.2, 0.25) is 0 Å². The van der Waals surface area contributed by atoms with Gasteiger partial charge in [-0.3, -0.25) is 4.79 Å². The van der Waals surface area contributed by atoms with Gasteiger partial charge in [-0.05, 0) is 68.1 Å². The highest BCUT2D eigenvalue weighted by Gasteiger charge is 2.30. The maximum absolute atomic E-state index is 12.5. The SMILES string of the molecule is CCC(C)c1ccc(NC(=O)C(C)(C)Oc2ccc(Br)cc2)cc1. The van der Waals surface area contributed by atoms with Gasteiger partial charge in [-0.15, -0.1) is 0 Å². The summed E-state index contributed by atoms with van der Waals surface area (Å²) in [6.45, 7) is 7.89. The molecule has 24 heavy (non-hydrogen) atoms. The first-order chi connectivity index (χ1) is 11.3. The van der Waals surface area contributed by atoms with Gasteiger partial charge in [0.2, 0.25) is 0 Å². The fourth-order valence-electron chi connectivity index (χ4n) is 2.26. The number of rotatable bonds is 6. The van der Waals surface area contributed by atoms with Gasteiger partial charge < -0.3 is 10.1 Å². The summed E-state index contributed by atoms with van der Waals surface area (Å²) >= 11 is 3.38. The number of hydrogen-bond acceptors (Lipinski definition) is 2. The quantitative estimate of drug-likeness (QED) is 0.681. The highest BCUT2D eigenvalue weighted by molar-refractivity contribution is 9.10. The molecule has 4 heteroatoms. The van der Waals surface area contributed by atoms with Crippen molar-refractivity contribution in [2.75, 3.05) is 5.32 Å². The third-order valence-electron chi connectivity index (χ3n) is 4.08. The normalized spacial score (nSPS) is 12.5. The van der Waals surface area contributed by atoms with Crippen molar-refractivity contribution >= 4 is 27.5 Å². The van der Waals surface area contributed by atoms with Crippen molar-refractivity contribution in [3.8, 4) is 5.75 Å². The second-order valence-corrected chi connectivity index (χ2v) is 7.37. The van der Waals surface area contributed by atoms with E-state index >= 15 is 0 Å². The largest absolute Gasteiger partial charge is 0.478 e. The van der Waals surface area contributed by atoms with Gasteiger partial charge in [0, 0.05) is 10.2 Å². The predicted molar refractivity (Wildman–Crippen MR) is 103 cm³/mol. The fourth-order valence-corrected chi connectivity index (χ4v) is 2.52. The molecule has 0 bridgehead atoms. The first kappa shape index (κ1) is 18.5. The lowest BCUT2D eigenvalue weighted by atomic mass is 9.98. The van der Waals surface area contributed by atoms with Crippen LogP contribution in [0, 0.1) is 0 Å². The molecule has 1 amide bonds. The molecule has 1 unspecified atom stereocenters. The third-order valence-corrected chi connectivity index (χ3v) is 4.61. The average Bonchev–Trinajstić information content (AvgIpc) is 2.56. The second kappa shape index (κ2) is 7.84. The van der Waals surface area contributed by atoms with Crippen LogP contribution in [0.1, 0.15) is 45.6 Å². The zero-order chi connectivity index (χ0) is 17.7. The zero-order valence-electron chi connectivity index (χ0n) is 14.6. The van der Waals surface area contributed by atoms with Crippen LogP contribution in [0.4, 0.5) is 5.69 Å². The van der Waals surface area contributed by atoms with Crippen LogP contribution in [-0.4, -0.2) is 11.5 Å². The van der Waals surface area contributed by atoms with E-state index in [0.717, 1.165) is 16.6 Å². The summed E-state index contributed by atoms with van der Waals surface area (Å²) in [5.74, 6) is 0.999. The van der Waals surface area contributed by atoms with Gasteiger partial charge in [0.1, 0.15) is 5.75 Å². The molecule has 0 radical (unpaired) electrons. The highest BCUT2D eigenvalue weighted by Crippen LogP contribution is 2.24. The molecule has 0 fully saturated rings. The molecular formula is C20H24BrNO2. The van der Waals surface area contributed by atoms with E-state index in [9.17, 15) is 4.79 Å².